The zero-order chi connectivity index (χ0) is 9.78. The first kappa shape index (κ1) is 11.6. The zero-order valence-electron chi connectivity index (χ0n) is 8.35. The van der Waals surface area contributed by atoms with E-state index in [1.165, 1.54) is 6.92 Å². The lowest BCUT2D eigenvalue weighted by atomic mass is 10.4. The molecule has 72 valence electrons. The second kappa shape index (κ2) is 4.55. The van der Waals surface area contributed by atoms with Crippen molar-refractivity contribution in [2.45, 2.75) is 6.92 Å². The summed E-state index contributed by atoms with van der Waals surface area (Å²) in [7, 11) is -0.562. The van der Waals surface area contributed by atoms with E-state index in [-0.39, 0.29) is 5.97 Å². The molecule has 0 aromatic heterocycles. The molecule has 3 heteroatoms. The largest absolute Gasteiger partial charge is 0.461 e. The van der Waals surface area contributed by atoms with Crippen molar-refractivity contribution in [2.75, 3.05) is 31.1 Å². The molecule has 0 aliphatic heterocycles. The van der Waals surface area contributed by atoms with Gasteiger partial charge in [0.25, 0.3) is 0 Å². The molecule has 0 spiro atoms. The average Bonchev–Trinajstić information content (AvgIpc) is 1.79. The maximum atomic E-state index is 10.5. The van der Waals surface area contributed by atoms with Crippen LogP contribution >= 0.6 is 10.0 Å². The SMILES string of the molecule is C=C(COC(C)=O)CS(C)(C)C. The van der Waals surface area contributed by atoms with E-state index in [9.17, 15) is 4.79 Å². The van der Waals surface area contributed by atoms with Crippen molar-refractivity contribution in [3.8, 4) is 0 Å². The third-order valence-corrected chi connectivity index (χ3v) is 2.39. The average molecular weight is 190 g/mol. The Balaban J connectivity index is 3.68. The lowest BCUT2D eigenvalue weighted by Crippen LogP contribution is -2.08. The van der Waals surface area contributed by atoms with Crippen LogP contribution in [0, 0.1) is 0 Å². The first-order chi connectivity index (χ1) is 5.31. The van der Waals surface area contributed by atoms with Crippen LogP contribution in [0.1, 0.15) is 6.92 Å². The Morgan fingerprint density at radius 1 is 1.42 bits per heavy atom. The Morgan fingerprint density at radius 2 is 1.92 bits per heavy atom. The molecule has 0 bridgehead atoms. The molecular weight excluding hydrogens is 172 g/mol. The number of ether oxygens (including phenoxy) is 1. The molecule has 0 heterocycles. The van der Waals surface area contributed by atoms with E-state index in [2.05, 4.69) is 25.3 Å². The van der Waals surface area contributed by atoms with Gasteiger partial charge in [-0.15, -0.1) is 0 Å². The summed E-state index contributed by atoms with van der Waals surface area (Å²) in [6.07, 6.45) is 6.64. The molecule has 0 rings (SSSR count). The maximum absolute atomic E-state index is 10.5. The molecule has 0 aliphatic rings. The van der Waals surface area contributed by atoms with Crippen LogP contribution in [0.15, 0.2) is 12.2 Å². The van der Waals surface area contributed by atoms with Crippen LogP contribution in [-0.2, 0) is 9.53 Å². The Morgan fingerprint density at radius 3 is 2.25 bits per heavy atom. The molecule has 0 radical (unpaired) electrons. The van der Waals surface area contributed by atoms with E-state index in [4.69, 9.17) is 4.74 Å². The minimum Gasteiger partial charge on any atom is -0.461 e. The van der Waals surface area contributed by atoms with Crippen molar-refractivity contribution >= 4 is 16.0 Å². The van der Waals surface area contributed by atoms with Crippen molar-refractivity contribution in [1.29, 1.82) is 0 Å². The van der Waals surface area contributed by atoms with Gasteiger partial charge in [0.1, 0.15) is 6.61 Å². The summed E-state index contributed by atoms with van der Waals surface area (Å²) < 4.78 is 4.82. The van der Waals surface area contributed by atoms with Crippen molar-refractivity contribution in [3.05, 3.63) is 12.2 Å². The summed E-state index contributed by atoms with van der Waals surface area (Å²) >= 11 is 0. The molecule has 0 fully saturated rings. The molecule has 0 saturated carbocycles. The molecule has 0 atom stereocenters. The smallest absolute Gasteiger partial charge is 0.302 e. The molecule has 0 amide bonds. The molecule has 0 N–H and O–H groups in total. The minimum atomic E-state index is -0.562. The fraction of sp³-hybridized carbons (Fsp3) is 0.667. The van der Waals surface area contributed by atoms with Gasteiger partial charge in [-0.1, -0.05) is 6.58 Å². The Labute approximate surface area is 76.3 Å². The zero-order valence-corrected chi connectivity index (χ0v) is 9.16. The van der Waals surface area contributed by atoms with E-state index >= 15 is 0 Å². The number of rotatable bonds is 4. The predicted molar refractivity (Wildman–Crippen MR) is 56.0 cm³/mol. The van der Waals surface area contributed by atoms with Gasteiger partial charge < -0.3 is 4.74 Å². The summed E-state index contributed by atoms with van der Waals surface area (Å²) in [4.78, 5) is 10.5. The topological polar surface area (TPSA) is 26.3 Å². The number of esters is 1. The van der Waals surface area contributed by atoms with Crippen molar-refractivity contribution in [3.63, 3.8) is 0 Å². The van der Waals surface area contributed by atoms with Crippen LogP contribution in [0.4, 0.5) is 0 Å². The fourth-order valence-corrected chi connectivity index (χ4v) is 2.17. The first-order valence-corrected chi connectivity index (χ1v) is 6.80. The van der Waals surface area contributed by atoms with Gasteiger partial charge in [-0.3, -0.25) is 4.79 Å². The normalized spacial score (nSPS) is 12.3. The van der Waals surface area contributed by atoms with Gasteiger partial charge >= 0.3 is 5.97 Å². The lowest BCUT2D eigenvalue weighted by Gasteiger charge is -2.25. The Hall–Kier alpha value is -0.440. The van der Waals surface area contributed by atoms with E-state index in [0.29, 0.717) is 6.61 Å². The quantitative estimate of drug-likeness (QED) is 0.499. The minimum absolute atomic E-state index is 0.236. The Bertz CT molecular complexity index is 179. The molecule has 0 aromatic carbocycles. The van der Waals surface area contributed by atoms with Gasteiger partial charge in [-0.2, -0.15) is 0 Å². The highest BCUT2D eigenvalue weighted by Gasteiger charge is 2.07. The summed E-state index contributed by atoms with van der Waals surface area (Å²) in [5, 5.41) is 0. The van der Waals surface area contributed by atoms with Crippen LogP contribution in [0.3, 0.4) is 0 Å². The number of hydrogen-bond donors (Lipinski definition) is 0. The van der Waals surface area contributed by atoms with Crippen molar-refractivity contribution in [1.82, 2.24) is 0 Å². The van der Waals surface area contributed by atoms with Gasteiger partial charge in [0.2, 0.25) is 0 Å². The van der Waals surface area contributed by atoms with Crippen LogP contribution in [0.2, 0.25) is 0 Å². The van der Waals surface area contributed by atoms with Gasteiger partial charge in [0.05, 0.1) is 0 Å². The third kappa shape index (κ3) is 7.66. The highest BCUT2D eigenvalue weighted by atomic mass is 32.3. The number of carbonyl (C=O) groups is 1. The molecule has 2 nitrogen and oxygen atoms in total. The third-order valence-electron chi connectivity index (χ3n) is 1.12. The summed E-state index contributed by atoms with van der Waals surface area (Å²) in [5.41, 5.74) is 1.01. The molecule has 0 saturated heterocycles. The van der Waals surface area contributed by atoms with Crippen molar-refractivity contribution < 1.29 is 9.53 Å². The Kier molecular flexibility index (Phi) is 4.39. The van der Waals surface area contributed by atoms with E-state index in [1.54, 1.807) is 0 Å². The van der Waals surface area contributed by atoms with Crippen LogP contribution in [0.5, 0.6) is 0 Å². The van der Waals surface area contributed by atoms with E-state index in [1.807, 2.05) is 0 Å². The fourth-order valence-electron chi connectivity index (χ4n) is 0.858. The number of carbonyl (C=O) groups excluding carboxylic acids is 1. The molecule has 12 heavy (non-hydrogen) atoms. The summed E-state index contributed by atoms with van der Waals surface area (Å²) in [5.74, 6) is 0.736. The standard InChI is InChI=1S/C9H18O2S/c1-8(6-11-9(2)10)7-12(3,4)5/h1,6-7H2,2-5H3. The van der Waals surface area contributed by atoms with Crippen molar-refractivity contribution in [2.24, 2.45) is 0 Å². The monoisotopic (exact) mass is 190 g/mol. The van der Waals surface area contributed by atoms with Crippen LogP contribution in [0.25, 0.3) is 0 Å². The molecule has 0 unspecified atom stereocenters. The highest BCUT2D eigenvalue weighted by Crippen LogP contribution is 2.36. The van der Waals surface area contributed by atoms with Gasteiger partial charge in [-0.05, 0) is 24.3 Å². The summed E-state index contributed by atoms with van der Waals surface area (Å²) in [6.45, 7) is 5.64. The van der Waals surface area contributed by atoms with Crippen LogP contribution < -0.4 is 0 Å². The molecule has 0 aliphatic carbocycles. The van der Waals surface area contributed by atoms with Gasteiger partial charge in [-0.25, -0.2) is 10.0 Å². The highest BCUT2D eigenvalue weighted by molar-refractivity contribution is 8.32. The first-order valence-electron chi connectivity index (χ1n) is 3.77. The van der Waals surface area contributed by atoms with E-state index in [0.717, 1.165) is 11.3 Å². The maximum Gasteiger partial charge on any atom is 0.302 e. The second-order valence-electron chi connectivity index (χ2n) is 3.77. The summed E-state index contributed by atoms with van der Waals surface area (Å²) in [6, 6.07) is 0. The number of hydrogen-bond acceptors (Lipinski definition) is 2. The van der Waals surface area contributed by atoms with Gasteiger partial charge in [0.15, 0.2) is 0 Å². The lowest BCUT2D eigenvalue weighted by molar-refractivity contribution is -0.139. The molecule has 0 aromatic rings. The van der Waals surface area contributed by atoms with Gasteiger partial charge in [0, 0.05) is 12.7 Å². The molecular formula is C9H18O2S. The second-order valence-corrected chi connectivity index (χ2v) is 8.24. The van der Waals surface area contributed by atoms with E-state index < -0.39 is 10.0 Å². The van der Waals surface area contributed by atoms with Crippen LogP contribution in [-0.4, -0.2) is 37.1 Å². The predicted octanol–water partition coefficient (Wildman–Crippen LogP) is 1.80.